The van der Waals surface area contributed by atoms with Gasteiger partial charge < -0.3 is 9.67 Å². The minimum Gasteiger partial charge on any atom is -0.390 e. The van der Waals surface area contributed by atoms with Crippen molar-refractivity contribution >= 4 is 10.9 Å². The molecule has 0 aliphatic heterocycles. The van der Waals surface area contributed by atoms with Gasteiger partial charge in [0.05, 0.1) is 11.2 Å². The van der Waals surface area contributed by atoms with E-state index in [4.69, 9.17) is 0 Å². The van der Waals surface area contributed by atoms with E-state index in [0.29, 0.717) is 11.1 Å². The Morgan fingerprint density at radius 2 is 1.84 bits per heavy atom. The van der Waals surface area contributed by atoms with Crippen molar-refractivity contribution < 1.29 is 18.3 Å². The molecule has 19 heavy (non-hydrogen) atoms. The normalized spacial score (nSPS) is 13.2. The van der Waals surface area contributed by atoms with E-state index >= 15 is 0 Å². The van der Waals surface area contributed by atoms with Crippen molar-refractivity contribution in [3.63, 3.8) is 0 Å². The van der Waals surface area contributed by atoms with Crippen LogP contribution in [0.4, 0.5) is 13.2 Å². The Kier molecular flexibility index (Phi) is 3.13. The predicted molar refractivity (Wildman–Crippen MR) is 67.9 cm³/mol. The fourth-order valence-electron chi connectivity index (χ4n) is 2.38. The van der Waals surface area contributed by atoms with E-state index in [0.717, 1.165) is 6.07 Å². The molecule has 1 aromatic heterocycles. The number of aliphatic hydroxyl groups is 1. The van der Waals surface area contributed by atoms with Gasteiger partial charge in [-0.1, -0.05) is 6.07 Å². The van der Waals surface area contributed by atoms with E-state index in [1.165, 1.54) is 6.07 Å². The average molecular weight is 271 g/mol. The molecule has 0 spiro atoms. The molecule has 0 unspecified atom stereocenters. The Hall–Kier alpha value is -1.49. The zero-order valence-electron chi connectivity index (χ0n) is 11.0. The van der Waals surface area contributed by atoms with Gasteiger partial charge in [0, 0.05) is 30.6 Å². The van der Waals surface area contributed by atoms with E-state index in [9.17, 15) is 18.3 Å². The van der Waals surface area contributed by atoms with Gasteiger partial charge in [0.25, 0.3) is 0 Å². The largest absolute Gasteiger partial charge is 0.417 e. The second kappa shape index (κ2) is 4.27. The summed E-state index contributed by atoms with van der Waals surface area (Å²) in [5, 5.41) is 10.0. The topological polar surface area (TPSA) is 25.2 Å². The number of hydrogen-bond donors (Lipinski definition) is 1. The van der Waals surface area contributed by atoms with E-state index in [1.807, 2.05) is 0 Å². The number of nitrogens with zero attached hydrogens (tertiary/aromatic N) is 1. The summed E-state index contributed by atoms with van der Waals surface area (Å²) >= 11 is 0. The lowest BCUT2D eigenvalue weighted by molar-refractivity contribution is -0.136. The summed E-state index contributed by atoms with van der Waals surface area (Å²) in [6, 6.07) is 4.13. The van der Waals surface area contributed by atoms with Crippen LogP contribution in [0, 0.1) is 0 Å². The monoisotopic (exact) mass is 271 g/mol. The summed E-state index contributed by atoms with van der Waals surface area (Å²) < 4.78 is 40.9. The first-order chi connectivity index (χ1) is 8.59. The maximum atomic E-state index is 13.1. The van der Waals surface area contributed by atoms with E-state index < -0.39 is 17.3 Å². The Morgan fingerprint density at radius 1 is 1.21 bits per heavy atom. The molecular weight excluding hydrogens is 255 g/mol. The molecule has 0 bridgehead atoms. The van der Waals surface area contributed by atoms with Crippen molar-refractivity contribution in [1.82, 2.24) is 4.57 Å². The Morgan fingerprint density at radius 3 is 2.37 bits per heavy atom. The van der Waals surface area contributed by atoms with Crippen molar-refractivity contribution in [2.45, 2.75) is 32.0 Å². The van der Waals surface area contributed by atoms with Gasteiger partial charge in [-0.15, -0.1) is 0 Å². The molecule has 0 saturated heterocycles. The minimum atomic E-state index is -4.39. The van der Waals surface area contributed by atoms with Gasteiger partial charge in [-0.05, 0) is 31.5 Å². The molecule has 2 aromatic rings. The number of benzene rings is 1. The maximum Gasteiger partial charge on any atom is 0.417 e. The van der Waals surface area contributed by atoms with Crippen molar-refractivity contribution in [3.05, 3.63) is 35.5 Å². The summed E-state index contributed by atoms with van der Waals surface area (Å²) in [6.07, 6.45) is -2.56. The second-order valence-corrected chi connectivity index (χ2v) is 5.45. The number of aromatic nitrogens is 1. The van der Waals surface area contributed by atoms with E-state index in [1.54, 1.807) is 37.7 Å². The number of halogens is 3. The molecule has 104 valence electrons. The molecule has 2 rings (SSSR count). The van der Waals surface area contributed by atoms with Crippen LogP contribution in [0.2, 0.25) is 0 Å². The fourth-order valence-corrected chi connectivity index (χ4v) is 2.38. The fraction of sp³-hybridized carbons (Fsp3) is 0.429. The molecular formula is C14H16F3NO. The van der Waals surface area contributed by atoms with Crippen molar-refractivity contribution in [2.75, 3.05) is 0 Å². The van der Waals surface area contributed by atoms with Crippen LogP contribution in [0.5, 0.6) is 0 Å². The van der Waals surface area contributed by atoms with Crippen LogP contribution in [0.15, 0.2) is 24.4 Å². The number of fused-ring (bicyclic) bond motifs is 1. The van der Waals surface area contributed by atoms with Crippen LogP contribution in [0.1, 0.15) is 25.0 Å². The zero-order chi connectivity index (χ0) is 14.4. The Bertz CT molecular complexity index is 605. The van der Waals surface area contributed by atoms with Gasteiger partial charge in [-0.3, -0.25) is 0 Å². The first-order valence-electron chi connectivity index (χ1n) is 5.96. The summed E-state index contributed by atoms with van der Waals surface area (Å²) in [5.41, 5.74) is -0.663. The Balaban J connectivity index is 2.72. The average Bonchev–Trinajstić information content (AvgIpc) is 2.52. The van der Waals surface area contributed by atoms with Crippen molar-refractivity contribution in [1.29, 1.82) is 0 Å². The highest BCUT2D eigenvalue weighted by atomic mass is 19.4. The summed E-state index contributed by atoms with van der Waals surface area (Å²) in [7, 11) is 1.70. The molecule has 0 amide bonds. The SMILES string of the molecule is Cn1cc(CC(C)(C)O)c2c(C(F)(F)F)cccc21. The standard InChI is InChI=1S/C14H16F3NO/c1-13(2,19)7-9-8-18(3)11-6-4-5-10(12(9)11)14(15,16)17/h4-6,8,19H,7H2,1-3H3. The van der Waals surface area contributed by atoms with Crippen molar-refractivity contribution in [2.24, 2.45) is 7.05 Å². The van der Waals surface area contributed by atoms with E-state index in [-0.39, 0.29) is 11.8 Å². The number of alkyl halides is 3. The van der Waals surface area contributed by atoms with Gasteiger partial charge in [0.2, 0.25) is 0 Å². The highest BCUT2D eigenvalue weighted by molar-refractivity contribution is 5.88. The number of rotatable bonds is 2. The van der Waals surface area contributed by atoms with Crippen LogP contribution in [-0.2, 0) is 19.6 Å². The number of hydrogen-bond acceptors (Lipinski definition) is 1. The third-order valence-corrected chi connectivity index (χ3v) is 3.02. The molecule has 0 aliphatic rings. The minimum absolute atomic E-state index is 0.178. The quantitative estimate of drug-likeness (QED) is 0.888. The van der Waals surface area contributed by atoms with Gasteiger partial charge >= 0.3 is 6.18 Å². The molecule has 1 aromatic carbocycles. The third kappa shape index (κ3) is 2.76. The highest BCUT2D eigenvalue weighted by Gasteiger charge is 2.34. The smallest absolute Gasteiger partial charge is 0.390 e. The molecule has 0 radical (unpaired) electrons. The van der Waals surface area contributed by atoms with Gasteiger partial charge in [0.1, 0.15) is 0 Å². The molecule has 1 heterocycles. The second-order valence-electron chi connectivity index (χ2n) is 5.45. The Labute approximate surface area is 109 Å². The molecule has 2 nitrogen and oxygen atoms in total. The maximum absolute atomic E-state index is 13.1. The lowest BCUT2D eigenvalue weighted by Crippen LogP contribution is -2.22. The number of aryl methyl sites for hydroxylation is 1. The van der Waals surface area contributed by atoms with Gasteiger partial charge in [-0.25, -0.2) is 0 Å². The van der Waals surface area contributed by atoms with Gasteiger partial charge in [0.15, 0.2) is 0 Å². The lowest BCUT2D eigenvalue weighted by Gasteiger charge is -2.17. The molecule has 0 fully saturated rings. The van der Waals surface area contributed by atoms with Crippen LogP contribution in [-0.4, -0.2) is 15.3 Å². The molecule has 5 heteroatoms. The lowest BCUT2D eigenvalue weighted by atomic mass is 9.96. The summed E-state index contributed by atoms with van der Waals surface area (Å²) in [4.78, 5) is 0. The first-order valence-corrected chi connectivity index (χ1v) is 5.96. The summed E-state index contributed by atoms with van der Waals surface area (Å²) in [6.45, 7) is 3.17. The zero-order valence-corrected chi connectivity index (χ0v) is 11.0. The highest BCUT2D eigenvalue weighted by Crippen LogP contribution is 2.37. The van der Waals surface area contributed by atoms with Crippen LogP contribution < -0.4 is 0 Å². The molecule has 0 aliphatic carbocycles. The van der Waals surface area contributed by atoms with Crippen molar-refractivity contribution in [3.8, 4) is 0 Å². The first kappa shape index (κ1) is 13.9. The van der Waals surface area contributed by atoms with E-state index in [2.05, 4.69) is 0 Å². The molecule has 0 atom stereocenters. The summed E-state index contributed by atoms with van der Waals surface area (Å²) in [5.74, 6) is 0. The van der Waals surface area contributed by atoms with Crippen LogP contribution >= 0.6 is 0 Å². The third-order valence-electron chi connectivity index (χ3n) is 3.02. The van der Waals surface area contributed by atoms with Crippen LogP contribution in [0.3, 0.4) is 0 Å². The predicted octanol–water partition coefficient (Wildman–Crippen LogP) is 3.51. The molecule has 0 saturated carbocycles. The van der Waals surface area contributed by atoms with Gasteiger partial charge in [-0.2, -0.15) is 13.2 Å². The molecule has 1 N–H and O–H groups in total. The van der Waals surface area contributed by atoms with Crippen LogP contribution in [0.25, 0.3) is 10.9 Å².